The molecule has 0 aliphatic rings. The van der Waals surface area contributed by atoms with Crippen molar-refractivity contribution in [3.8, 4) is 0 Å². The zero-order valence-corrected chi connectivity index (χ0v) is 18.9. The molecule has 7 heteroatoms. The third kappa shape index (κ3) is 5.62. The van der Waals surface area contributed by atoms with E-state index >= 15 is 0 Å². The zero-order valence-electron chi connectivity index (χ0n) is 18.1. The monoisotopic (exact) mass is 452 g/mol. The number of aliphatic hydroxyl groups excluding tert-OH is 1. The average Bonchev–Trinajstić information content (AvgIpc) is 2.81. The Morgan fingerprint density at radius 2 is 1.34 bits per heavy atom. The van der Waals surface area contributed by atoms with E-state index in [-0.39, 0.29) is 23.0 Å². The Morgan fingerprint density at radius 1 is 0.844 bits per heavy atom. The number of nitrogens with one attached hydrogen (secondary N) is 2. The molecule has 0 unspecified atom stereocenters. The molecule has 0 saturated heterocycles. The van der Waals surface area contributed by atoms with Gasteiger partial charge < -0.3 is 10.4 Å². The van der Waals surface area contributed by atoms with Gasteiger partial charge in [-0.2, -0.15) is 4.72 Å². The lowest BCUT2D eigenvalue weighted by Crippen LogP contribution is -2.42. The molecule has 0 spiro atoms. The molecule has 3 rings (SSSR count). The average molecular weight is 453 g/mol. The smallest absolute Gasteiger partial charge is 0.252 e. The van der Waals surface area contributed by atoms with Gasteiger partial charge in [-0.05, 0) is 29.2 Å². The van der Waals surface area contributed by atoms with Crippen molar-refractivity contribution in [2.75, 3.05) is 6.61 Å². The first-order chi connectivity index (χ1) is 15.3. The van der Waals surface area contributed by atoms with Crippen LogP contribution in [0.2, 0.25) is 0 Å². The molecule has 0 bridgehead atoms. The molecule has 0 fully saturated rings. The van der Waals surface area contributed by atoms with Crippen LogP contribution in [-0.4, -0.2) is 32.1 Å². The van der Waals surface area contributed by atoms with Crippen molar-refractivity contribution < 1.29 is 18.3 Å². The minimum Gasteiger partial charge on any atom is -0.394 e. The fourth-order valence-corrected chi connectivity index (χ4v) is 4.81. The van der Waals surface area contributed by atoms with Gasteiger partial charge in [-0.1, -0.05) is 86.6 Å². The molecule has 0 saturated carbocycles. The SMILES string of the molecule is CC(C)[C@@H](CO)NC(=O)c1ccccc1S(=O)(=O)NC(c1ccccc1)c1ccccc1. The first-order valence-electron chi connectivity index (χ1n) is 10.5. The minimum absolute atomic E-state index is 0.00798. The van der Waals surface area contributed by atoms with Gasteiger partial charge in [0.25, 0.3) is 5.91 Å². The summed E-state index contributed by atoms with van der Waals surface area (Å²) in [7, 11) is -4.07. The Morgan fingerprint density at radius 3 is 1.84 bits per heavy atom. The van der Waals surface area contributed by atoms with E-state index in [9.17, 15) is 18.3 Å². The number of carbonyl (C=O) groups is 1. The Bertz CT molecular complexity index is 1090. The maximum atomic E-state index is 13.5. The zero-order chi connectivity index (χ0) is 23.1. The van der Waals surface area contributed by atoms with Crippen LogP contribution in [-0.2, 0) is 10.0 Å². The summed E-state index contributed by atoms with van der Waals surface area (Å²) in [6, 6.07) is 23.5. The number of amides is 1. The van der Waals surface area contributed by atoms with Crippen LogP contribution in [0.5, 0.6) is 0 Å². The van der Waals surface area contributed by atoms with Gasteiger partial charge in [0.1, 0.15) is 0 Å². The number of hydrogen-bond acceptors (Lipinski definition) is 4. The number of aliphatic hydroxyl groups is 1. The second kappa shape index (κ2) is 10.5. The predicted octanol–water partition coefficient (Wildman–Crippen LogP) is 3.50. The Kier molecular flexibility index (Phi) is 7.80. The standard InChI is InChI=1S/C25H28N2O4S/c1-18(2)22(17-28)26-25(29)21-15-9-10-16-23(21)32(30,31)27-24(19-11-5-3-6-12-19)20-13-7-4-8-14-20/h3-16,18,22,24,27-28H,17H2,1-2H3,(H,26,29)/t22-/m1/s1. The second-order valence-electron chi connectivity index (χ2n) is 7.88. The highest BCUT2D eigenvalue weighted by Gasteiger charge is 2.28. The van der Waals surface area contributed by atoms with E-state index in [1.807, 2.05) is 74.5 Å². The third-order valence-electron chi connectivity index (χ3n) is 5.28. The number of rotatable bonds is 9. The largest absolute Gasteiger partial charge is 0.394 e. The molecule has 6 nitrogen and oxygen atoms in total. The molecule has 0 radical (unpaired) electrons. The Labute approximate surface area is 189 Å². The van der Waals surface area contributed by atoms with Gasteiger partial charge in [0.15, 0.2) is 0 Å². The molecule has 168 valence electrons. The summed E-state index contributed by atoms with van der Waals surface area (Å²) < 4.78 is 29.7. The lowest BCUT2D eigenvalue weighted by molar-refractivity contribution is 0.0893. The summed E-state index contributed by atoms with van der Waals surface area (Å²) in [5.74, 6) is -0.555. The quantitative estimate of drug-likeness (QED) is 0.463. The molecule has 3 N–H and O–H groups in total. The maximum absolute atomic E-state index is 13.5. The van der Waals surface area contributed by atoms with Gasteiger partial charge in [0.2, 0.25) is 10.0 Å². The van der Waals surface area contributed by atoms with Gasteiger partial charge in [0, 0.05) is 0 Å². The van der Waals surface area contributed by atoms with Crippen LogP contribution in [0.3, 0.4) is 0 Å². The molecule has 0 aliphatic heterocycles. The molecule has 1 amide bonds. The van der Waals surface area contributed by atoms with E-state index < -0.39 is 28.0 Å². The van der Waals surface area contributed by atoms with Crippen LogP contribution in [0.25, 0.3) is 0 Å². The highest BCUT2D eigenvalue weighted by atomic mass is 32.2. The molecule has 0 heterocycles. The molecular formula is C25H28N2O4S. The van der Waals surface area contributed by atoms with Gasteiger partial charge >= 0.3 is 0 Å². The first kappa shape index (κ1) is 23.7. The van der Waals surface area contributed by atoms with Crippen molar-refractivity contribution in [3.05, 3.63) is 102 Å². The van der Waals surface area contributed by atoms with Gasteiger partial charge in [-0.15, -0.1) is 0 Å². The van der Waals surface area contributed by atoms with Crippen molar-refractivity contribution >= 4 is 15.9 Å². The predicted molar refractivity (Wildman–Crippen MR) is 125 cm³/mol. The highest BCUT2D eigenvalue weighted by molar-refractivity contribution is 7.89. The fraction of sp³-hybridized carbons (Fsp3) is 0.240. The summed E-state index contributed by atoms with van der Waals surface area (Å²) in [5, 5.41) is 12.3. The van der Waals surface area contributed by atoms with Crippen molar-refractivity contribution in [1.29, 1.82) is 0 Å². The Balaban J connectivity index is 1.98. The van der Waals surface area contributed by atoms with Crippen molar-refractivity contribution in [2.45, 2.75) is 30.8 Å². The Hall–Kier alpha value is -3.00. The summed E-state index contributed by atoms with van der Waals surface area (Å²) in [6.45, 7) is 3.51. The van der Waals surface area contributed by atoms with Crippen LogP contribution in [0, 0.1) is 5.92 Å². The van der Waals surface area contributed by atoms with Crippen LogP contribution in [0.15, 0.2) is 89.8 Å². The molecule has 1 atom stereocenters. The van der Waals surface area contributed by atoms with E-state index in [1.165, 1.54) is 12.1 Å². The topological polar surface area (TPSA) is 95.5 Å². The minimum atomic E-state index is -4.07. The number of sulfonamides is 1. The second-order valence-corrected chi connectivity index (χ2v) is 9.56. The van der Waals surface area contributed by atoms with Crippen molar-refractivity contribution in [2.24, 2.45) is 5.92 Å². The molecule has 32 heavy (non-hydrogen) atoms. The van der Waals surface area contributed by atoms with Gasteiger partial charge in [-0.3, -0.25) is 4.79 Å². The summed E-state index contributed by atoms with van der Waals surface area (Å²) in [4.78, 5) is 12.8. The lowest BCUT2D eigenvalue weighted by atomic mass is 10.00. The summed E-state index contributed by atoms with van der Waals surface area (Å²) in [5.41, 5.74) is 1.59. The third-order valence-corrected chi connectivity index (χ3v) is 6.76. The number of benzene rings is 3. The normalized spacial score (nSPS) is 12.7. The molecule has 0 aromatic heterocycles. The molecular weight excluding hydrogens is 424 g/mol. The summed E-state index contributed by atoms with van der Waals surface area (Å²) >= 11 is 0. The molecule has 3 aromatic rings. The van der Waals surface area contributed by atoms with Crippen molar-refractivity contribution in [3.63, 3.8) is 0 Å². The first-order valence-corrected chi connectivity index (χ1v) is 11.9. The number of carbonyl (C=O) groups excluding carboxylic acids is 1. The van der Waals surface area contributed by atoms with Gasteiger partial charge in [-0.25, -0.2) is 8.42 Å². The fourth-order valence-electron chi connectivity index (χ4n) is 3.40. The van der Waals surface area contributed by atoms with E-state index in [1.54, 1.807) is 12.1 Å². The molecule has 0 aliphatic carbocycles. The van der Waals surface area contributed by atoms with Crippen LogP contribution >= 0.6 is 0 Å². The lowest BCUT2D eigenvalue weighted by Gasteiger charge is -2.22. The van der Waals surface area contributed by atoms with E-state index in [0.29, 0.717) is 0 Å². The van der Waals surface area contributed by atoms with E-state index in [2.05, 4.69) is 10.0 Å². The highest BCUT2D eigenvalue weighted by Crippen LogP contribution is 2.25. The number of hydrogen-bond donors (Lipinski definition) is 3. The summed E-state index contributed by atoms with van der Waals surface area (Å²) in [6.07, 6.45) is 0. The van der Waals surface area contributed by atoms with Crippen LogP contribution in [0.1, 0.15) is 41.4 Å². The maximum Gasteiger partial charge on any atom is 0.252 e. The van der Waals surface area contributed by atoms with Crippen LogP contribution < -0.4 is 10.0 Å². The van der Waals surface area contributed by atoms with E-state index in [4.69, 9.17) is 0 Å². The molecule has 3 aromatic carbocycles. The van der Waals surface area contributed by atoms with Crippen LogP contribution in [0.4, 0.5) is 0 Å². The van der Waals surface area contributed by atoms with Crippen molar-refractivity contribution in [1.82, 2.24) is 10.0 Å². The van der Waals surface area contributed by atoms with Gasteiger partial charge in [0.05, 0.1) is 29.1 Å². The van der Waals surface area contributed by atoms with E-state index in [0.717, 1.165) is 11.1 Å².